The highest BCUT2D eigenvalue weighted by atomic mass is 17.2. The van der Waals surface area contributed by atoms with Gasteiger partial charge in [0.15, 0.2) is 0 Å². The Balaban J connectivity index is 2.36. The van der Waals surface area contributed by atoms with Crippen molar-refractivity contribution in [1.29, 1.82) is 0 Å². The Bertz CT molecular complexity index is 229. The van der Waals surface area contributed by atoms with Gasteiger partial charge < -0.3 is 0 Å². The Labute approximate surface area is 72.4 Å². The van der Waals surface area contributed by atoms with E-state index in [2.05, 4.69) is 9.78 Å². The van der Waals surface area contributed by atoms with Crippen molar-refractivity contribution in [3.63, 3.8) is 0 Å². The minimum absolute atomic E-state index is 0.478. The Morgan fingerprint density at radius 3 is 2.67 bits per heavy atom. The molecule has 0 bridgehead atoms. The van der Waals surface area contributed by atoms with E-state index >= 15 is 0 Å². The third-order valence-corrected chi connectivity index (χ3v) is 1.39. The number of benzene rings is 1. The molecular formula is C10H12O2. The highest BCUT2D eigenvalue weighted by Gasteiger charge is 1.81. The van der Waals surface area contributed by atoms with Crippen LogP contribution in [-0.2, 0) is 9.78 Å². The summed E-state index contributed by atoms with van der Waals surface area (Å²) in [5, 5.41) is 0. The molecule has 0 unspecified atom stereocenters. The van der Waals surface area contributed by atoms with Crippen LogP contribution in [0.15, 0.2) is 36.4 Å². The first-order chi connectivity index (χ1) is 5.93. The normalized spacial score (nSPS) is 10.8. The molecule has 1 rings (SSSR count). The van der Waals surface area contributed by atoms with E-state index in [1.807, 2.05) is 42.5 Å². The van der Waals surface area contributed by atoms with Gasteiger partial charge in [-0.3, -0.25) is 0 Å². The van der Waals surface area contributed by atoms with Crippen LogP contribution in [0, 0.1) is 0 Å². The Morgan fingerprint density at radius 2 is 2.00 bits per heavy atom. The summed E-state index contributed by atoms with van der Waals surface area (Å²) in [4.78, 5) is 9.10. The van der Waals surface area contributed by atoms with Gasteiger partial charge in [-0.25, -0.2) is 9.78 Å². The lowest BCUT2D eigenvalue weighted by molar-refractivity contribution is -0.263. The predicted octanol–water partition coefficient (Wildman–Crippen LogP) is 2.28. The van der Waals surface area contributed by atoms with Gasteiger partial charge in [0.25, 0.3) is 0 Å². The van der Waals surface area contributed by atoms with Crippen LogP contribution in [-0.4, -0.2) is 13.7 Å². The van der Waals surface area contributed by atoms with E-state index in [1.54, 1.807) is 0 Å². The molecule has 0 radical (unpaired) electrons. The zero-order valence-electron chi connectivity index (χ0n) is 7.07. The molecule has 0 atom stereocenters. The van der Waals surface area contributed by atoms with Crippen molar-refractivity contribution in [2.24, 2.45) is 0 Å². The van der Waals surface area contributed by atoms with Gasteiger partial charge in [0.2, 0.25) is 0 Å². The van der Waals surface area contributed by atoms with E-state index in [9.17, 15) is 0 Å². The van der Waals surface area contributed by atoms with Crippen LogP contribution >= 0.6 is 0 Å². The van der Waals surface area contributed by atoms with E-state index < -0.39 is 0 Å². The van der Waals surface area contributed by atoms with Crippen LogP contribution in [0.1, 0.15) is 5.56 Å². The lowest BCUT2D eigenvalue weighted by atomic mass is 10.2. The monoisotopic (exact) mass is 164 g/mol. The molecule has 1 aromatic carbocycles. The third-order valence-electron chi connectivity index (χ3n) is 1.39. The average Bonchev–Trinajstić information content (AvgIpc) is 2.14. The molecule has 0 saturated heterocycles. The summed E-state index contributed by atoms with van der Waals surface area (Å²) in [6.45, 7) is 0.478. The first kappa shape index (κ1) is 8.97. The Morgan fingerprint density at radius 1 is 1.25 bits per heavy atom. The highest BCUT2D eigenvalue weighted by Crippen LogP contribution is 2.00. The van der Waals surface area contributed by atoms with Crippen molar-refractivity contribution in [2.75, 3.05) is 13.7 Å². The van der Waals surface area contributed by atoms with Crippen LogP contribution < -0.4 is 0 Å². The molecule has 0 aliphatic carbocycles. The van der Waals surface area contributed by atoms with Crippen molar-refractivity contribution in [1.82, 2.24) is 0 Å². The lowest BCUT2D eigenvalue weighted by Crippen LogP contribution is -1.86. The topological polar surface area (TPSA) is 18.5 Å². The summed E-state index contributed by atoms with van der Waals surface area (Å²) in [7, 11) is 1.50. The smallest absolute Gasteiger partial charge is 0.101 e. The second kappa shape index (κ2) is 5.52. The molecule has 0 saturated carbocycles. The molecule has 2 nitrogen and oxygen atoms in total. The summed E-state index contributed by atoms with van der Waals surface area (Å²) in [5.41, 5.74) is 1.16. The van der Waals surface area contributed by atoms with Crippen molar-refractivity contribution in [2.45, 2.75) is 0 Å². The van der Waals surface area contributed by atoms with Gasteiger partial charge >= 0.3 is 0 Å². The molecule has 0 amide bonds. The van der Waals surface area contributed by atoms with Gasteiger partial charge in [-0.05, 0) is 5.56 Å². The number of rotatable bonds is 4. The zero-order valence-corrected chi connectivity index (χ0v) is 7.07. The molecular weight excluding hydrogens is 152 g/mol. The minimum atomic E-state index is 0.478. The Kier molecular flexibility index (Phi) is 4.13. The second-order valence-corrected chi connectivity index (χ2v) is 2.26. The van der Waals surface area contributed by atoms with Crippen LogP contribution in [0.2, 0.25) is 0 Å². The van der Waals surface area contributed by atoms with Gasteiger partial charge in [-0.2, -0.15) is 0 Å². The first-order valence-corrected chi connectivity index (χ1v) is 3.80. The largest absolute Gasteiger partial charge is 0.240 e. The maximum Gasteiger partial charge on any atom is 0.101 e. The molecule has 2 heteroatoms. The van der Waals surface area contributed by atoms with E-state index in [4.69, 9.17) is 0 Å². The molecule has 0 N–H and O–H groups in total. The van der Waals surface area contributed by atoms with E-state index in [0.717, 1.165) is 5.56 Å². The van der Waals surface area contributed by atoms with Crippen molar-refractivity contribution in [3.05, 3.63) is 42.0 Å². The maximum absolute atomic E-state index is 4.67. The lowest BCUT2D eigenvalue weighted by Gasteiger charge is -1.93. The van der Waals surface area contributed by atoms with Crippen molar-refractivity contribution >= 4 is 6.08 Å². The van der Waals surface area contributed by atoms with Crippen LogP contribution in [0.3, 0.4) is 0 Å². The van der Waals surface area contributed by atoms with Crippen molar-refractivity contribution < 1.29 is 9.78 Å². The van der Waals surface area contributed by atoms with E-state index in [0.29, 0.717) is 6.61 Å². The molecule has 0 aliphatic heterocycles. The van der Waals surface area contributed by atoms with Crippen LogP contribution in [0.5, 0.6) is 0 Å². The Hall–Kier alpha value is -1.12. The van der Waals surface area contributed by atoms with Gasteiger partial charge in [-0.15, -0.1) is 0 Å². The van der Waals surface area contributed by atoms with E-state index in [1.165, 1.54) is 7.11 Å². The zero-order chi connectivity index (χ0) is 8.65. The van der Waals surface area contributed by atoms with Gasteiger partial charge in [-0.1, -0.05) is 42.5 Å². The van der Waals surface area contributed by atoms with Crippen LogP contribution in [0.4, 0.5) is 0 Å². The van der Waals surface area contributed by atoms with Crippen LogP contribution in [0.25, 0.3) is 6.08 Å². The quantitative estimate of drug-likeness (QED) is 0.386. The fraction of sp³-hybridized carbons (Fsp3) is 0.200. The molecule has 64 valence electrons. The molecule has 0 aromatic heterocycles. The first-order valence-electron chi connectivity index (χ1n) is 3.80. The molecule has 0 spiro atoms. The number of hydrogen-bond acceptors (Lipinski definition) is 2. The van der Waals surface area contributed by atoms with Crippen molar-refractivity contribution in [3.8, 4) is 0 Å². The predicted molar refractivity (Wildman–Crippen MR) is 48.4 cm³/mol. The molecule has 0 fully saturated rings. The number of hydrogen-bond donors (Lipinski definition) is 0. The molecule has 1 aromatic rings. The molecule has 0 aliphatic rings. The van der Waals surface area contributed by atoms with Gasteiger partial charge in [0.1, 0.15) is 6.61 Å². The summed E-state index contributed by atoms with van der Waals surface area (Å²) in [6.07, 6.45) is 3.89. The third kappa shape index (κ3) is 3.32. The SMILES string of the molecule is COOC/C=C/c1ccccc1. The van der Waals surface area contributed by atoms with Gasteiger partial charge in [0, 0.05) is 0 Å². The summed E-state index contributed by atoms with van der Waals surface area (Å²) >= 11 is 0. The minimum Gasteiger partial charge on any atom is -0.240 e. The highest BCUT2D eigenvalue weighted by molar-refractivity contribution is 5.48. The summed E-state index contributed by atoms with van der Waals surface area (Å²) in [6, 6.07) is 10.0. The average molecular weight is 164 g/mol. The van der Waals surface area contributed by atoms with Gasteiger partial charge in [0.05, 0.1) is 7.11 Å². The fourth-order valence-electron chi connectivity index (χ4n) is 0.856. The standard InChI is InChI=1S/C10H12O2/c1-11-12-9-5-8-10-6-3-2-4-7-10/h2-8H,9H2,1H3/b8-5+. The molecule has 0 heterocycles. The maximum atomic E-state index is 4.67. The summed E-state index contributed by atoms with van der Waals surface area (Å²) in [5.74, 6) is 0. The summed E-state index contributed by atoms with van der Waals surface area (Å²) < 4.78 is 0. The second-order valence-electron chi connectivity index (χ2n) is 2.26. The molecule has 12 heavy (non-hydrogen) atoms. The fourth-order valence-corrected chi connectivity index (χ4v) is 0.856. The van der Waals surface area contributed by atoms with E-state index in [-0.39, 0.29) is 0 Å².